The van der Waals surface area contributed by atoms with Crippen molar-refractivity contribution in [3.8, 4) is 0 Å². The van der Waals surface area contributed by atoms with Crippen LogP contribution in [0.15, 0.2) is 24.3 Å². The molecule has 1 atom stereocenters. The third kappa shape index (κ3) is 3.33. The van der Waals surface area contributed by atoms with Gasteiger partial charge in [-0.3, -0.25) is 14.5 Å². The third-order valence-corrected chi connectivity index (χ3v) is 4.49. The van der Waals surface area contributed by atoms with Gasteiger partial charge in [-0.2, -0.15) is 0 Å². The van der Waals surface area contributed by atoms with Gasteiger partial charge in [0.2, 0.25) is 11.8 Å². The zero-order valence-electron chi connectivity index (χ0n) is 10.7. The molecule has 0 radical (unpaired) electrons. The number of thiocarbonyl (C=S) groups is 1. The second-order valence-electron chi connectivity index (χ2n) is 4.39. The Morgan fingerprint density at radius 2 is 2.26 bits per heavy atom. The first-order chi connectivity index (χ1) is 8.97. The fourth-order valence-electron chi connectivity index (χ4n) is 1.79. The van der Waals surface area contributed by atoms with Gasteiger partial charge in [-0.25, -0.2) is 0 Å². The maximum atomic E-state index is 11.9. The molecule has 0 aromatic heterocycles. The molecule has 19 heavy (non-hydrogen) atoms. The second-order valence-corrected chi connectivity index (χ2v) is 6.23. The highest BCUT2D eigenvalue weighted by Gasteiger charge is 2.35. The molecule has 0 spiro atoms. The molecule has 1 aliphatic rings. The Labute approximate surface area is 121 Å². The van der Waals surface area contributed by atoms with E-state index < -0.39 is 5.25 Å². The van der Waals surface area contributed by atoms with E-state index in [1.165, 1.54) is 16.7 Å². The lowest BCUT2D eigenvalue weighted by molar-refractivity contribution is -0.127. The molecule has 2 amide bonds. The van der Waals surface area contributed by atoms with Crippen LogP contribution in [0.4, 0.5) is 5.69 Å². The van der Waals surface area contributed by atoms with Crippen LogP contribution < -0.4 is 5.32 Å². The van der Waals surface area contributed by atoms with Crippen LogP contribution in [0.2, 0.25) is 0 Å². The van der Waals surface area contributed by atoms with Crippen molar-refractivity contribution >= 4 is 45.8 Å². The summed E-state index contributed by atoms with van der Waals surface area (Å²) >= 11 is 6.30. The number of anilines is 1. The summed E-state index contributed by atoms with van der Waals surface area (Å²) in [7, 11) is 1.64. The van der Waals surface area contributed by atoms with Gasteiger partial charge >= 0.3 is 0 Å². The van der Waals surface area contributed by atoms with Crippen LogP contribution in [0, 0.1) is 6.92 Å². The normalized spacial score (nSPS) is 18.8. The summed E-state index contributed by atoms with van der Waals surface area (Å²) < 4.78 is 0.526. The fraction of sp³-hybridized carbons (Fsp3) is 0.308. The molecule has 2 rings (SSSR count). The Kier molecular flexibility index (Phi) is 4.21. The van der Waals surface area contributed by atoms with Gasteiger partial charge in [0.15, 0.2) is 0 Å². The highest BCUT2D eigenvalue weighted by Crippen LogP contribution is 2.28. The Morgan fingerprint density at radius 3 is 2.84 bits per heavy atom. The number of aryl methyl sites for hydroxylation is 1. The molecule has 1 aromatic rings. The van der Waals surface area contributed by atoms with Gasteiger partial charge in [-0.1, -0.05) is 36.1 Å². The summed E-state index contributed by atoms with van der Waals surface area (Å²) in [4.78, 5) is 25.1. The number of benzene rings is 1. The number of hydrogen-bond acceptors (Lipinski definition) is 4. The third-order valence-electron chi connectivity index (χ3n) is 2.80. The van der Waals surface area contributed by atoms with Crippen molar-refractivity contribution in [2.75, 3.05) is 12.4 Å². The van der Waals surface area contributed by atoms with Gasteiger partial charge < -0.3 is 5.32 Å². The van der Waals surface area contributed by atoms with Crippen molar-refractivity contribution in [3.63, 3.8) is 0 Å². The topological polar surface area (TPSA) is 49.4 Å². The molecule has 0 saturated carbocycles. The molecular weight excluding hydrogens is 280 g/mol. The van der Waals surface area contributed by atoms with E-state index in [9.17, 15) is 9.59 Å². The van der Waals surface area contributed by atoms with E-state index in [2.05, 4.69) is 5.32 Å². The minimum atomic E-state index is -0.401. The van der Waals surface area contributed by atoms with Crippen molar-refractivity contribution in [2.45, 2.75) is 18.6 Å². The van der Waals surface area contributed by atoms with Crippen LogP contribution in [0.5, 0.6) is 0 Å². The van der Waals surface area contributed by atoms with E-state index in [0.717, 1.165) is 11.3 Å². The molecule has 0 aliphatic carbocycles. The van der Waals surface area contributed by atoms with E-state index in [0.29, 0.717) is 4.32 Å². The van der Waals surface area contributed by atoms with Crippen LogP contribution in [0.25, 0.3) is 0 Å². The molecule has 4 nitrogen and oxygen atoms in total. The number of carbonyl (C=O) groups is 2. The largest absolute Gasteiger partial charge is 0.326 e. The molecule has 0 bridgehead atoms. The summed E-state index contributed by atoms with van der Waals surface area (Å²) in [5.41, 5.74) is 1.82. The highest BCUT2D eigenvalue weighted by molar-refractivity contribution is 8.24. The van der Waals surface area contributed by atoms with E-state index in [-0.39, 0.29) is 18.2 Å². The first-order valence-electron chi connectivity index (χ1n) is 5.82. The number of hydrogen-bond donors (Lipinski definition) is 1. The van der Waals surface area contributed by atoms with Gasteiger partial charge in [-0.05, 0) is 24.6 Å². The lowest BCUT2D eigenvalue weighted by Gasteiger charge is -2.09. The number of rotatable bonds is 3. The van der Waals surface area contributed by atoms with E-state index >= 15 is 0 Å². The molecule has 1 heterocycles. The zero-order valence-corrected chi connectivity index (χ0v) is 12.3. The van der Waals surface area contributed by atoms with Gasteiger partial charge in [-0.15, -0.1) is 0 Å². The first-order valence-corrected chi connectivity index (χ1v) is 7.11. The van der Waals surface area contributed by atoms with Gasteiger partial charge in [0.1, 0.15) is 4.32 Å². The molecule has 6 heteroatoms. The maximum Gasteiger partial charge on any atom is 0.241 e. The predicted molar refractivity (Wildman–Crippen MR) is 81.2 cm³/mol. The summed E-state index contributed by atoms with van der Waals surface area (Å²) in [6, 6.07) is 7.55. The minimum absolute atomic E-state index is 0.102. The molecule has 1 aliphatic heterocycles. The monoisotopic (exact) mass is 294 g/mol. The molecule has 1 unspecified atom stereocenters. The van der Waals surface area contributed by atoms with Crippen LogP contribution in [-0.2, 0) is 9.59 Å². The lowest BCUT2D eigenvalue weighted by Crippen LogP contribution is -2.29. The van der Waals surface area contributed by atoms with Crippen LogP contribution in [-0.4, -0.2) is 33.3 Å². The standard InChI is InChI=1S/C13H14N2O2S2/c1-8-4-3-5-9(6-8)14-11(16)7-10-12(17)15(2)13(18)19-10/h3-6,10H,7H2,1-2H3,(H,14,16). The minimum Gasteiger partial charge on any atom is -0.326 e. The number of nitrogens with one attached hydrogen (secondary N) is 1. The predicted octanol–water partition coefficient (Wildman–Crippen LogP) is 2.18. The van der Waals surface area contributed by atoms with Crippen molar-refractivity contribution < 1.29 is 9.59 Å². The fourth-order valence-corrected chi connectivity index (χ4v) is 3.21. The number of nitrogens with zero attached hydrogens (tertiary/aromatic N) is 1. The molecule has 1 N–H and O–H groups in total. The average molecular weight is 294 g/mol. The maximum absolute atomic E-state index is 11.9. The average Bonchev–Trinajstić information content (AvgIpc) is 2.57. The van der Waals surface area contributed by atoms with Crippen molar-refractivity contribution in [3.05, 3.63) is 29.8 Å². The van der Waals surface area contributed by atoms with Crippen LogP contribution in [0.1, 0.15) is 12.0 Å². The van der Waals surface area contributed by atoms with Gasteiger partial charge in [0.05, 0.1) is 5.25 Å². The molecule has 1 fully saturated rings. The second kappa shape index (κ2) is 5.71. The van der Waals surface area contributed by atoms with E-state index in [1.807, 2.05) is 31.2 Å². The summed E-state index contributed by atoms with van der Waals surface area (Å²) in [6.07, 6.45) is 0.141. The van der Waals surface area contributed by atoms with Crippen molar-refractivity contribution in [2.24, 2.45) is 0 Å². The summed E-state index contributed by atoms with van der Waals surface area (Å²) in [5, 5.41) is 2.39. The lowest BCUT2D eigenvalue weighted by atomic mass is 10.2. The van der Waals surface area contributed by atoms with Crippen molar-refractivity contribution in [1.82, 2.24) is 4.90 Å². The molecule has 1 saturated heterocycles. The van der Waals surface area contributed by atoms with Crippen LogP contribution in [0.3, 0.4) is 0 Å². The SMILES string of the molecule is Cc1cccc(NC(=O)CC2SC(=S)N(C)C2=O)c1. The van der Waals surface area contributed by atoms with E-state index in [1.54, 1.807) is 7.05 Å². The Hall–Kier alpha value is -1.40. The number of amides is 2. The Morgan fingerprint density at radius 1 is 1.53 bits per heavy atom. The van der Waals surface area contributed by atoms with Crippen molar-refractivity contribution in [1.29, 1.82) is 0 Å². The summed E-state index contributed by atoms with van der Waals surface area (Å²) in [5.74, 6) is -0.274. The molecule has 100 valence electrons. The zero-order chi connectivity index (χ0) is 14.0. The highest BCUT2D eigenvalue weighted by atomic mass is 32.2. The van der Waals surface area contributed by atoms with Gasteiger partial charge in [0.25, 0.3) is 0 Å². The first kappa shape index (κ1) is 14.0. The van der Waals surface area contributed by atoms with E-state index in [4.69, 9.17) is 12.2 Å². The molecule has 1 aromatic carbocycles. The number of carbonyl (C=O) groups excluding carboxylic acids is 2. The Bertz CT molecular complexity index is 545. The number of thioether (sulfide) groups is 1. The quantitative estimate of drug-likeness (QED) is 0.868. The smallest absolute Gasteiger partial charge is 0.241 e. The molecular formula is C13H14N2O2S2. The summed E-state index contributed by atoms with van der Waals surface area (Å²) in [6.45, 7) is 1.96. The van der Waals surface area contributed by atoms with Gasteiger partial charge in [0, 0.05) is 19.2 Å². The van der Waals surface area contributed by atoms with Crippen LogP contribution >= 0.6 is 24.0 Å². The Balaban J connectivity index is 1.95.